The van der Waals surface area contributed by atoms with Crippen LogP contribution in [0.2, 0.25) is 0 Å². The van der Waals surface area contributed by atoms with E-state index in [-0.39, 0.29) is 42.7 Å². The number of piperidine rings is 1. The van der Waals surface area contributed by atoms with Crippen LogP contribution in [0.3, 0.4) is 0 Å². The molecule has 2 aromatic carbocycles. The molecule has 0 aromatic heterocycles. The molecular weight excluding hydrogens is 454 g/mol. The van der Waals surface area contributed by atoms with Crippen molar-refractivity contribution in [1.82, 2.24) is 4.90 Å². The maximum absolute atomic E-state index is 12.8. The van der Waals surface area contributed by atoms with Crippen LogP contribution < -0.4 is 18.9 Å². The molecule has 1 fully saturated rings. The van der Waals surface area contributed by atoms with Gasteiger partial charge in [-0.25, -0.2) is 0 Å². The van der Waals surface area contributed by atoms with Crippen molar-refractivity contribution in [3.63, 3.8) is 0 Å². The second kappa shape index (κ2) is 9.69. The predicted molar refractivity (Wildman–Crippen MR) is 123 cm³/mol. The number of carbonyl (C=O) groups excluding carboxylic acids is 3. The van der Waals surface area contributed by atoms with Crippen LogP contribution >= 0.6 is 0 Å². The van der Waals surface area contributed by atoms with Crippen molar-refractivity contribution in [2.75, 3.05) is 33.1 Å². The summed E-state index contributed by atoms with van der Waals surface area (Å²) in [6.45, 7) is 2.99. The lowest BCUT2D eigenvalue weighted by molar-refractivity contribution is -0.151. The fraction of sp³-hybridized carbons (Fsp3) is 0.346. The molecule has 0 bridgehead atoms. The minimum absolute atomic E-state index is 0.172. The zero-order valence-electron chi connectivity index (χ0n) is 19.3. The largest absolute Gasteiger partial charge is 0.484 e. The first-order chi connectivity index (χ1) is 17.0. The van der Waals surface area contributed by atoms with E-state index in [9.17, 15) is 14.4 Å². The second-order valence-corrected chi connectivity index (χ2v) is 8.43. The number of fused-ring (bicyclic) bond motifs is 2. The molecule has 3 heterocycles. The first-order valence-electron chi connectivity index (χ1n) is 11.6. The molecule has 5 rings (SSSR count). The predicted octanol–water partition coefficient (Wildman–Crippen LogP) is 3.21. The highest BCUT2D eigenvalue weighted by Gasteiger charge is 2.30. The van der Waals surface area contributed by atoms with E-state index in [0.717, 1.165) is 12.0 Å². The number of hydrogen-bond donors (Lipinski definition) is 0. The number of carbonyl (C=O) groups is 3. The van der Waals surface area contributed by atoms with Gasteiger partial charge in [-0.2, -0.15) is 0 Å². The van der Waals surface area contributed by atoms with Crippen molar-refractivity contribution in [2.24, 2.45) is 5.92 Å². The molecule has 0 saturated carbocycles. The van der Waals surface area contributed by atoms with Crippen LogP contribution in [-0.2, 0) is 14.3 Å². The number of hydrogen-bond acceptors (Lipinski definition) is 8. The summed E-state index contributed by atoms with van der Waals surface area (Å²) in [6, 6.07) is 10.2. The van der Waals surface area contributed by atoms with Crippen LogP contribution in [0.25, 0.3) is 6.08 Å². The number of Topliss-reactive ketones (excluding diaryl/α,β-unsaturated/α-hetero) is 1. The molecule has 9 nitrogen and oxygen atoms in total. The normalized spacial score (nSPS) is 19.3. The van der Waals surface area contributed by atoms with Crippen LogP contribution in [0.15, 0.2) is 42.2 Å². The number of rotatable bonds is 6. The van der Waals surface area contributed by atoms with Gasteiger partial charge in [0.05, 0.1) is 18.1 Å². The summed E-state index contributed by atoms with van der Waals surface area (Å²) in [5, 5.41) is 0. The lowest BCUT2D eigenvalue weighted by Crippen LogP contribution is -2.44. The number of ether oxygens (including phenoxy) is 5. The van der Waals surface area contributed by atoms with Crippen molar-refractivity contribution in [2.45, 2.75) is 19.8 Å². The van der Waals surface area contributed by atoms with E-state index >= 15 is 0 Å². The Kier molecular flexibility index (Phi) is 6.31. The molecule has 3 aliphatic heterocycles. The quantitative estimate of drug-likeness (QED) is 0.460. The number of likely N-dealkylation sites (tertiary alicyclic amines) is 1. The van der Waals surface area contributed by atoms with Gasteiger partial charge in [0, 0.05) is 19.2 Å². The van der Waals surface area contributed by atoms with Crippen molar-refractivity contribution < 1.29 is 38.1 Å². The Hall–Kier alpha value is -4.01. The summed E-state index contributed by atoms with van der Waals surface area (Å²) < 4.78 is 27.2. The van der Waals surface area contributed by atoms with Crippen LogP contribution in [-0.4, -0.2) is 55.7 Å². The summed E-state index contributed by atoms with van der Waals surface area (Å²) in [5.74, 6) is 1.22. The van der Waals surface area contributed by atoms with Gasteiger partial charge in [-0.15, -0.1) is 0 Å². The maximum Gasteiger partial charge on any atom is 0.310 e. The van der Waals surface area contributed by atoms with Crippen molar-refractivity contribution in [3.05, 3.63) is 53.3 Å². The van der Waals surface area contributed by atoms with Gasteiger partial charge in [0.2, 0.25) is 12.6 Å². The highest BCUT2D eigenvalue weighted by Crippen LogP contribution is 2.37. The zero-order valence-corrected chi connectivity index (χ0v) is 19.3. The van der Waals surface area contributed by atoms with Gasteiger partial charge in [0.25, 0.3) is 5.91 Å². The van der Waals surface area contributed by atoms with E-state index in [1.165, 1.54) is 0 Å². The van der Waals surface area contributed by atoms with Crippen LogP contribution in [0.4, 0.5) is 0 Å². The highest BCUT2D eigenvalue weighted by molar-refractivity contribution is 6.14. The average molecular weight is 479 g/mol. The standard InChI is InChI=1S/C26H25NO8/c1-2-31-26(30)17-4-3-9-27(13-17)24(28)14-32-18-6-7-19-21(12-18)35-23(25(19)29)11-16-5-8-20-22(10-16)34-15-33-20/h5-8,10-12,17H,2-4,9,13-15H2,1H3/b23-11-. The first-order valence-corrected chi connectivity index (χ1v) is 11.6. The average Bonchev–Trinajstić information content (AvgIpc) is 3.46. The van der Waals surface area contributed by atoms with E-state index in [1.54, 1.807) is 48.2 Å². The summed E-state index contributed by atoms with van der Waals surface area (Å²) in [5.41, 5.74) is 1.17. The summed E-state index contributed by atoms with van der Waals surface area (Å²) in [6.07, 6.45) is 3.09. The topological polar surface area (TPSA) is 101 Å². The van der Waals surface area contributed by atoms with Gasteiger partial charge in [-0.05, 0) is 55.7 Å². The van der Waals surface area contributed by atoms with Gasteiger partial charge >= 0.3 is 5.97 Å². The van der Waals surface area contributed by atoms with E-state index < -0.39 is 0 Å². The van der Waals surface area contributed by atoms with Crippen molar-refractivity contribution >= 4 is 23.7 Å². The molecule has 1 saturated heterocycles. The third-order valence-corrected chi connectivity index (χ3v) is 6.09. The number of amides is 1. The van der Waals surface area contributed by atoms with E-state index in [2.05, 4.69) is 0 Å². The lowest BCUT2D eigenvalue weighted by atomic mass is 9.98. The van der Waals surface area contributed by atoms with Gasteiger partial charge in [0.1, 0.15) is 11.5 Å². The summed E-state index contributed by atoms with van der Waals surface area (Å²) in [7, 11) is 0. The maximum atomic E-state index is 12.8. The van der Waals surface area contributed by atoms with Crippen molar-refractivity contribution in [1.29, 1.82) is 0 Å². The fourth-order valence-electron chi connectivity index (χ4n) is 4.30. The summed E-state index contributed by atoms with van der Waals surface area (Å²) in [4.78, 5) is 39.1. The van der Waals surface area contributed by atoms with Gasteiger partial charge < -0.3 is 28.6 Å². The molecule has 182 valence electrons. The number of nitrogens with zero attached hydrogens (tertiary/aromatic N) is 1. The molecule has 0 aliphatic carbocycles. The molecule has 1 atom stereocenters. The molecule has 0 N–H and O–H groups in total. The Bertz CT molecular complexity index is 1200. The molecule has 9 heteroatoms. The molecule has 0 radical (unpaired) electrons. The smallest absolute Gasteiger partial charge is 0.310 e. The molecule has 1 amide bonds. The van der Waals surface area contributed by atoms with E-state index in [1.807, 2.05) is 6.07 Å². The highest BCUT2D eigenvalue weighted by atomic mass is 16.7. The van der Waals surface area contributed by atoms with Gasteiger partial charge in [-0.1, -0.05) is 6.07 Å². The Morgan fingerprint density at radius 2 is 1.97 bits per heavy atom. The van der Waals surface area contributed by atoms with E-state index in [4.69, 9.17) is 23.7 Å². The fourth-order valence-corrected chi connectivity index (χ4v) is 4.30. The van der Waals surface area contributed by atoms with Crippen LogP contribution in [0, 0.1) is 5.92 Å². The van der Waals surface area contributed by atoms with E-state index in [0.29, 0.717) is 54.7 Å². The second-order valence-electron chi connectivity index (χ2n) is 8.43. The van der Waals surface area contributed by atoms with Gasteiger partial charge in [-0.3, -0.25) is 14.4 Å². The Balaban J connectivity index is 1.21. The van der Waals surface area contributed by atoms with Crippen LogP contribution in [0.1, 0.15) is 35.7 Å². The lowest BCUT2D eigenvalue weighted by Gasteiger charge is -2.31. The SMILES string of the molecule is CCOC(=O)C1CCCN(C(=O)COc2ccc3c(c2)O/C(=C\c2ccc4c(c2)OCO4)C3=O)C1. The molecular formula is C26H25NO8. The van der Waals surface area contributed by atoms with Gasteiger partial charge in [0.15, 0.2) is 23.9 Å². The summed E-state index contributed by atoms with van der Waals surface area (Å²) >= 11 is 0. The monoisotopic (exact) mass is 479 g/mol. The molecule has 3 aliphatic rings. The number of esters is 1. The molecule has 1 unspecified atom stereocenters. The Morgan fingerprint density at radius 1 is 1.11 bits per heavy atom. The molecule has 35 heavy (non-hydrogen) atoms. The molecule has 0 spiro atoms. The Labute approximate surface area is 202 Å². The number of benzene rings is 2. The molecule has 2 aromatic rings. The third kappa shape index (κ3) is 4.80. The Morgan fingerprint density at radius 3 is 2.83 bits per heavy atom. The minimum atomic E-state index is -0.304. The third-order valence-electron chi connectivity index (χ3n) is 6.09. The van der Waals surface area contributed by atoms with Crippen molar-refractivity contribution in [3.8, 4) is 23.0 Å². The number of ketones is 1. The van der Waals surface area contributed by atoms with Crippen LogP contribution in [0.5, 0.6) is 23.0 Å². The zero-order chi connectivity index (χ0) is 24.4. The minimum Gasteiger partial charge on any atom is -0.484 e. The first kappa shape index (κ1) is 22.8. The number of allylic oxidation sites excluding steroid dienone is 1.